The first-order valence-corrected chi connectivity index (χ1v) is 7.82. The SMILES string of the molecule is CC(=O)O[C@H]1C2=C(C)CC[C@@H](O)[C@]2(C)CC[C@H]1C(C)C. The standard InChI is InChI=1S/C17H28O3/c1-10(2)13-8-9-17(5)14(19)7-6-11(3)15(17)16(13)20-12(4)18/h10,13-14,16,19H,6-9H2,1-5H3/t13-,14+,16+,17-/m0/s1. The van der Waals surface area contributed by atoms with E-state index in [9.17, 15) is 9.90 Å². The Bertz CT molecular complexity index is 424. The lowest BCUT2D eigenvalue weighted by atomic mass is 9.57. The van der Waals surface area contributed by atoms with Crippen LogP contribution in [0.1, 0.15) is 60.3 Å². The van der Waals surface area contributed by atoms with Crippen LogP contribution in [-0.4, -0.2) is 23.3 Å². The van der Waals surface area contributed by atoms with Crippen molar-refractivity contribution >= 4 is 5.97 Å². The number of carbonyl (C=O) groups is 1. The minimum absolute atomic E-state index is 0.152. The second-order valence-electron chi connectivity index (χ2n) is 7.14. The van der Waals surface area contributed by atoms with Crippen LogP contribution in [0.25, 0.3) is 0 Å². The fourth-order valence-corrected chi connectivity index (χ4v) is 4.18. The number of aliphatic hydroxyl groups is 1. The maximum Gasteiger partial charge on any atom is 0.303 e. The fraction of sp³-hybridized carbons (Fsp3) is 0.824. The van der Waals surface area contributed by atoms with Gasteiger partial charge in [0.1, 0.15) is 6.10 Å². The Hall–Kier alpha value is -0.830. The van der Waals surface area contributed by atoms with Gasteiger partial charge in [0.25, 0.3) is 0 Å². The van der Waals surface area contributed by atoms with E-state index in [1.807, 2.05) is 0 Å². The van der Waals surface area contributed by atoms with E-state index in [-0.39, 0.29) is 23.6 Å². The third kappa shape index (κ3) is 2.52. The van der Waals surface area contributed by atoms with Crippen molar-refractivity contribution in [1.82, 2.24) is 0 Å². The molecule has 0 radical (unpaired) electrons. The molecule has 20 heavy (non-hydrogen) atoms. The zero-order valence-electron chi connectivity index (χ0n) is 13.4. The molecule has 114 valence electrons. The lowest BCUT2D eigenvalue weighted by molar-refractivity contribution is -0.151. The summed E-state index contributed by atoms with van der Waals surface area (Å²) in [7, 11) is 0. The zero-order valence-corrected chi connectivity index (χ0v) is 13.4. The summed E-state index contributed by atoms with van der Waals surface area (Å²) in [5.74, 6) is 0.621. The van der Waals surface area contributed by atoms with Crippen molar-refractivity contribution in [3.05, 3.63) is 11.1 Å². The number of esters is 1. The summed E-state index contributed by atoms with van der Waals surface area (Å²) in [6, 6.07) is 0. The predicted octanol–water partition coefficient (Wildman–Crippen LogP) is 3.46. The van der Waals surface area contributed by atoms with Crippen LogP contribution in [0.2, 0.25) is 0 Å². The van der Waals surface area contributed by atoms with Gasteiger partial charge >= 0.3 is 5.97 Å². The van der Waals surface area contributed by atoms with Crippen LogP contribution >= 0.6 is 0 Å². The summed E-state index contributed by atoms with van der Waals surface area (Å²) in [4.78, 5) is 11.5. The van der Waals surface area contributed by atoms with Crippen LogP contribution in [0.15, 0.2) is 11.1 Å². The molecular formula is C17H28O3. The molecule has 1 saturated carbocycles. The highest BCUT2D eigenvalue weighted by molar-refractivity contribution is 5.66. The normalized spacial score (nSPS) is 37.9. The fourth-order valence-electron chi connectivity index (χ4n) is 4.18. The smallest absolute Gasteiger partial charge is 0.303 e. The van der Waals surface area contributed by atoms with Crippen LogP contribution in [0.3, 0.4) is 0 Å². The van der Waals surface area contributed by atoms with Gasteiger partial charge in [-0.3, -0.25) is 4.79 Å². The lowest BCUT2D eigenvalue weighted by Crippen LogP contribution is -2.50. The second-order valence-corrected chi connectivity index (χ2v) is 7.14. The van der Waals surface area contributed by atoms with E-state index < -0.39 is 0 Å². The first-order chi connectivity index (χ1) is 9.27. The Labute approximate surface area is 122 Å². The van der Waals surface area contributed by atoms with E-state index in [1.54, 1.807) is 0 Å². The molecule has 0 aromatic carbocycles. The third-order valence-electron chi connectivity index (χ3n) is 5.42. The van der Waals surface area contributed by atoms with E-state index in [4.69, 9.17) is 4.74 Å². The van der Waals surface area contributed by atoms with Gasteiger partial charge in [-0.05, 0) is 44.1 Å². The molecule has 0 aromatic rings. The van der Waals surface area contributed by atoms with Crippen LogP contribution in [0.5, 0.6) is 0 Å². The molecule has 0 saturated heterocycles. The first kappa shape index (κ1) is 15.6. The van der Waals surface area contributed by atoms with Gasteiger partial charge in [0, 0.05) is 18.3 Å². The molecule has 0 aliphatic heterocycles. The van der Waals surface area contributed by atoms with Crippen molar-refractivity contribution in [1.29, 1.82) is 0 Å². The van der Waals surface area contributed by atoms with E-state index in [0.29, 0.717) is 11.8 Å². The van der Waals surface area contributed by atoms with E-state index in [2.05, 4.69) is 27.7 Å². The molecule has 0 unspecified atom stereocenters. The van der Waals surface area contributed by atoms with Gasteiger partial charge in [0.2, 0.25) is 0 Å². The number of hydrogen-bond donors (Lipinski definition) is 1. The molecule has 0 heterocycles. The maximum atomic E-state index is 11.5. The highest BCUT2D eigenvalue weighted by Crippen LogP contribution is 2.53. The molecule has 1 N–H and O–H groups in total. The maximum absolute atomic E-state index is 11.5. The van der Waals surface area contributed by atoms with Crippen LogP contribution < -0.4 is 0 Å². The molecule has 0 amide bonds. The van der Waals surface area contributed by atoms with Crippen molar-refractivity contribution < 1.29 is 14.6 Å². The highest BCUT2D eigenvalue weighted by atomic mass is 16.5. The van der Waals surface area contributed by atoms with Gasteiger partial charge in [-0.1, -0.05) is 26.3 Å². The Morgan fingerprint density at radius 2 is 2.05 bits per heavy atom. The molecule has 1 fully saturated rings. The first-order valence-electron chi connectivity index (χ1n) is 7.82. The van der Waals surface area contributed by atoms with Gasteiger partial charge in [-0.2, -0.15) is 0 Å². The molecule has 0 spiro atoms. The topological polar surface area (TPSA) is 46.5 Å². The third-order valence-corrected chi connectivity index (χ3v) is 5.42. The Kier molecular flexibility index (Phi) is 4.29. The Morgan fingerprint density at radius 3 is 2.60 bits per heavy atom. The molecule has 2 aliphatic rings. The monoisotopic (exact) mass is 280 g/mol. The van der Waals surface area contributed by atoms with Gasteiger partial charge < -0.3 is 9.84 Å². The highest BCUT2D eigenvalue weighted by Gasteiger charge is 2.50. The number of fused-ring (bicyclic) bond motifs is 1. The van der Waals surface area contributed by atoms with Gasteiger partial charge in [0.05, 0.1) is 6.10 Å². The average Bonchev–Trinajstić information content (AvgIpc) is 2.33. The number of ether oxygens (including phenoxy) is 1. The zero-order chi connectivity index (χ0) is 15.1. The summed E-state index contributed by atoms with van der Waals surface area (Å²) in [6.07, 6.45) is 3.27. The van der Waals surface area contributed by atoms with Crippen LogP contribution in [-0.2, 0) is 9.53 Å². The van der Waals surface area contributed by atoms with Crippen LogP contribution in [0.4, 0.5) is 0 Å². The van der Waals surface area contributed by atoms with Crippen molar-refractivity contribution in [2.45, 2.75) is 72.5 Å². The molecule has 3 nitrogen and oxygen atoms in total. The summed E-state index contributed by atoms with van der Waals surface area (Å²) < 4.78 is 5.71. The molecule has 0 bridgehead atoms. The summed E-state index contributed by atoms with van der Waals surface area (Å²) in [5, 5.41) is 10.5. The van der Waals surface area contributed by atoms with E-state index in [0.717, 1.165) is 25.7 Å². The Balaban J connectivity index is 2.45. The quantitative estimate of drug-likeness (QED) is 0.622. The average molecular weight is 280 g/mol. The summed E-state index contributed by atoms with van der Waals surface area (Å²) in [6.45, 7) is 10.2. The van der Waals surface area contributed by atoms with Gasteiger partial charge in [-0.15, -0.1) is 0 Å². The second kappa shape index (κ2) is 5.51. The van der Waals surface area contributed by atoms with E-state index in [1.165, 1.54) is 18.1 Å². The summed E-state index contributed by atoms with van der Waals surface area (Å²) >= 11 is 0. The number of carbonyl (C=O) groups excluding carboxylic acids is 1. The lowest BCUT2D eigenvalue weighted by Gasteiger charge is -2.51. The minimum atomic E-state index is -0.313. The van der Waals surface area contributed by atoms with Gasteiger partial charge in [0.15, 0.2) is 0 Å². The van der Waals surface area contributed by atoms with E-state index >= 15 is 0 Å². The predicted molar refractivity (Wildman–Crippen MR) is 79.2 cm³/mol. The number of allylic oxidation sites excluding steroid dienone is 1. The largest absolute Gasteiger partial charge is 0.458 e. The van der Waals surface area contributed by atoms with Crippen molar-refractivity contribution in [2.75, 3.05) is 0 Å². The Morgan fingerprint density at radius 1 is 1.40 bits per heavy atom. The molecule has 4 atom stereocenters. The number of aliphatic hydroxyl groups excluding tert-OH is 1. The van der Waals surface area contributed by atoms with Crippen molar-refractivity contribution in [3.63, 3.8) is 0 Å². The molecule has 3 heteroatoms. The molecule has 0 aromatic heterocycles. The molecule has 2 rings (SSSR count). The molecular weight excluding hydrogens is 252 g/mol. The minimum Gasteiger partial charge on any atom is -0.458 e. The molecule has 2 aliphatic carbocycles. The van der Waals surface area contributed by atoms with Crippen molar-refractivity contribution in [2.24, 2.45) is 17.3 Å². The van der Waals surface area contributed by atoms with Crippen LogP contribution in [0, 0.1) is 17.3 Å². The van der Waals surface area contributed by atoms with Gasteiger partial charge in [-0.25, -0.2) is 0 Å². The summed E-state index contributed by atoms with van der Waals surface area (Å²) in [5.41, 5.74) is 2.30. The number of rotatable bonds is 2. The number of hydrogen-bond acceptors (Lipinski definition) is 3. The van der Waals surface area contributed by atoms with Crippen molar-refractivity contribution in [3.8, 4) is 0 Å².